The van der Waals surface area contributed by atoms with Crippen molar-refractivity contribution < 1.29 is 14.3 Å². The molecule has 1 atom stereocenters. The van der Waals surface area contributed by atoms with Crippen LogP contribution in [-0.4, -0.2) is 19.4 Å². The van der Waals surface area contributed by atoms with Crippen LogP contribution >= 0.6 is 0 Å². The van der Waals surface area contributed by atoms with Gasteiger partial charge in [-0.2, -0.15) is 0 Å². The molecule has 0 amide bonds. The minimum absolute atomic E-state index is 0.0888. The van der Waals surface area contributed by atoms with Gasteiger partial charge in [0.05, 0.1) is 5.41 Å². The van der Waals surface area contributed by atoms with Gasteiger partial charge in [-0.3, -0.25) is 4.79 Å². The normalized spacial score (nSPS) is 31.5. The maximum absolute atomic E-state index is 12.4. The summed E-state index contributed by atoms with van der Waals surface area (Å²) in [5.41, 5.74) is -0.262. The van der Waals surface area contributed by atoms with Gasteiger partial charge in [-0.25, -0.2) is 0 Å². The molecule has 0 radical (unpaired) electrons. The number of carbonyl (C=O) groups is 1. The summed E-state index contributed by atoms with van der Waals surface area (Å²) in [6, 6.07) is 0. The van der Waals surface area contributed by atoms with Crippen LogP contribution in [0.3, 0.4) is 0 Å². The number of methoxy groups -OCH3 is 1. The van der Waals surface area contributed by atoms with Gasteiger partial charge >= 0.3 is 5.97 Å². The molecule has 0 heterocycles. The predicted octanol–water partition coefficient (Wildman–Crippen LogP) is 3.91. The Balaban J connectivity index is 2.05. The van der Waals surface area contributed by atoms with Gasteiger partial charge < -0.3 is 9.47 Å². The van der Waals surface area contributed by atoms with Gasteiger partial charge in [0.25, 0.3) is 0 Å². The molecule has 3 heteroatoms. The van der Waals surface area contributed by atoms with Crippen molar-refractivity contribution in [3.8, 4) is 0 Å². The van der Waals surface area contributed by atoms with E-state index >= 15 is 0 Å². The molecule has 0 spiro atoms. The molecule has 3 nitrogen and oxygen atoms in total. The van der Waals surface area contributed by atoms with Gasteiger partial charge in [-0.1, -0.05) is 13.8 Å². The molecule has 1 unspecified atom stereocenters. The summed E-state index contributed by atoms with van der Waals surface area (Å²) in [5.74, 6) is 0.745. The lowest BCUT2D eigenvalue weighted by atomic mass is 9.82. The Morgan fingerprint density at radius 1 is 1.32 bits per heavy atom. The largest absolute Gasteiger partial charge is 0.435 e. The smallest absolute Gasteiger partial charge is 0.314 e. The molecule has 0 N–H and O–H groups in total. The molecular weight excluding hydrogens is 240 g/mol. The van der Waals surface area contributed by atoms with Crippen molar-refractivity contribution in [3.63, 3.8) is 0 Å². The number of hydrogen-bond donors (Lipinski definition) is 0. The number of fused-ring (bicyclic) bond motifs is 2. The van der Waals surface area contributed by atoms with E-state index in [1.54, 1.807) is 7.11 Å². The minimum Gasteiger partial charge on any atom is -0.435 e. The highest BCUT2D eigenvalue weighted by Gasteiger charge is 2.52. The van der Waals surface area contributed by atoms with E-state index in [-0.39, 0.29) is 23.1 Å². The Kier molecular flexibility index (Phi) is 4.24. The van der Waals surface area contributed by atoms with Crippen molar-refractivity contribution in [1.29, 1.82) is 0 Å². The van der Waals surface area contributed by atoms with Crippen LogP contribution in [0, 0.1) is 16.7 Å². The average molecular weight is 268 g/mol. The highest BCUT2D eigenvalue weighted by Crippen LogP contribution is 2.57. The van der Waals surface area contributed by atoms with Crippen molar-refractivity contribution >= 4 is 5.97 Å². The van der Waals surface area contributed by atoms with Crippen LogP contribution in [0.4, 0.5) is 0 Å². The Morgan fingerprint density at radius 3 is 2.26 bits per heavy atom. The molecule has 0 aliphatic heterocycles. The fourth-order valence-corrected chi connectivity index (χ4v) is 3.77. The number of ether oxygens (including phenoxy) is 2. The third kappa shape index (κ3) is 2.54. The molecule has 0 aromatic heterocycles. The van der Waals surface area contributed by atoms with Gasteiger partial charge in [-0.05, 0) is 57.8 Å². The summed E-state index contributed by atoms with van der Waals surface area (Å²) in [6.45, 7) is 6.09. The van der Waals surface area contributed by atoms with Crippen LogP contribution in [0.2, 0.25) is 0 Å². The van der Waals surface area contributed by atoms with E-state index < -0.39 is 0 Å². The first-order valence-corrected chi connectivity index (χ1v) is 7.73. The van der Waals surface area contributed by atoms with E-state index in [1.807, 2.05) is 20.8 Å². The lowest BCUT2D eigenvalue weighted by Crippen LogP contribution is -2.41. The molecule has 2 aliphatic rings. The first kappa shape index (κ1) is 14.8. The maximum Gasteiger partial charge on any atom is 0.314 e. The molecule has 19 heavy (non-hydrogen) atoms. The molecule has 2 saturated carbocycles. The summed E-state index contributed by atoms with van der Waals surface area (Å²) in [5, 5.41) is 0. The summed E-state index contributed by atoms with van der Waals surface area (Å²) in [6.07, 6.45) is 7.31. The van der Waals surface area contributed by atoms with Crippen LogP contribution in [0.5, 0.6) is 0 Å². The monoisotopic (exact) mass is 268 g/mol. The Bertz CT molecular complexity index is 325. The molecule has 0 saturated heterocycles. The van der Waals surface area contributed by atoms with Crippen LogP contribution in [0.15, 0.2) is 0 Å². The number of hydrogen-bond acceptors (Lipinski definition) is 3. The highest BCUT2D eigenvalue weighted by molar-refractivity contribution is 5.76. The lowest BCUT2D eigenvalue weighted by molar-refractivity contribution is -0.211. The third-order valence-electron chi connectivity index (χ3n) is 5.78. The van der Waals surface area contributed by atoms with E-state index in [0.717, 1.165) is 31.6 Å². The summed E-state index contributed by atoms with van der Waals surface area (Å²) in [7, 11) is 1.67. The second-order valence-corrected chi connectivity index (χ2v) is 6.75. The molecule has 2 aliphatic carbocycles. The van der Waals surface area contributed by atoms with Crippen molar-refractivity contribution in [1.82, 2.24) is 0 Å². The lowest BCUT2D eigenvalue weighted by Gasteiger charge is -2.36. The molecule has 2 fully saturated rings. The Morgan fingerprint density at radius 2 is 1.89 bits per heavy atom. The zero-order chi connectivity index (χ0) is 14.1. The van der Waals surface area contributed by atoms with Crippen molar-refractivity contribution in [3.05, 3.63) is 0 Å². The van der Waals surface area contributed by atoms with E-state index in [1.165, 1.54) is 19.3 Å². The molecule has 0 aromatic carbocycles. The molecular formula is C16H28O3. The number of rotatable bonds is 6. The fourth-order valence-electron chi connectivity index (χ4n) is 3.77. The SMILES string of the molecule is CCC(C)(CC)C(=O)OC(OC)C12CCC(CC1)C2. The summed E-state index contributed by atoms with van der Waals surface area (Å²) < 4.78 is 11.4. The summed E-state index contributed by atoms with van der Waals surface area (Å²) >= 11 is 0. The van der Waals surface area contributed by atoms with Gasteiger partial charge in [0.1, 0.15) is 0 Å². The van der Waals surface area contributed by atoms with Gasteiger partial charge in [-0.15, -0.1) is 0 Å². The molecule has 2 bridgehead atoms. The van der Waals surface area contributed by atoms with Gasteiger partial charge in [0.15, 0.2) is 0 Å². The topological polar surface area (TPSA) is 35.5 Å². The summed E-state index contributed by atoms with van der Waals surface area (Å²) in [4.78, 5) is 12.4. The van der Waals surface area contributed by atoms with Gasteiger partial charge in [0, 0.05) is 12.5 Å². The first-order valence-electron chi connectivity index (χ1n) is 7.73. The number of carbonyl (C=O) groups excluding carboxylic acids is 1. The predicted molar refractivity (Wildman–Crippen MR) is 74.6 cm³/mol. The van der Waals surface area contributed by atoms with E-state index in [4.69, 9.17) is 9.47 Å². The Labute approximate surface area is 117 Å². The van der Waals surface area contributed by atoms with Crippen molar-refractivity contribution in [2.75, 3.05) is 7.11 Å². The quantitative estimate of drug-likeness (QED) is 0.541. The minimum atomic E-state index is -0.371. The molecule has 0 aromatic rings. The van der Waals surface area contributed by atoms with Crippen LogP contribution < -0.4 is 0 Å². The standard InChI is InChI=1S/C16H28O3/c1-5-15(3,6-2)13(17)19-14(18-4)16-9-7-12(11-16)8-10-16/h12,14H,5-11H2,1-4H3. The average Bonchev–Trinajstić information content (AvgIpc) is 3.04. The maximum atomic E-state index is 12.4. The zero-order valence-electron chi connectivity index (χ0n) is 12.8. The third-order valence-corrected chi connectivity index (χ3v) is 5.78. The van der Waals surface area contributed by atoms with E-state index in [9.17, 15) is 4.79 Å². The van der Waals surface area contributed by atoms with Crippen molar-refractivity contribution in [2.24, 2.45) is 16.7 Å². The van der Waals surface area contributed by atoms with E-state index in [2.05, 4.69) is 0 Å². The molecule has 110 valence electrons. The van der Waals surface area contributed by atoms with Crippen LogP contribution in [0.25, 0.3) is 0 Å². The first-order chi connectivity index (χ1) is 8.99. The fraction of sp³-hybridized carbons (Fsp3) is 0.938. The highest BCUT2D eigenvalue weighted by atomic mass is 16.7. The second-order valence-electron chi connectivity index (χ2n) is 6.75. The zero-order valence-corrected chi connectivity index (χ0v) is 12.8. The van der Waals surface area contributed by atoms with Crippen LogP contribution in [0.1, 0.15) is 65.7 Å². The second kappa shape index (κ2) is 5.43. The number of esters is 1. The van der Waals surface area contributed by atoms with Crippen molar-refractivity contribution in [2.45, 2.75) is 72.0 Å². The van der Waals surface area contributed by atoms with Crippen LogP contribution in [-0.2, 0) is 14.3 Å². The van der Waals surface area contributed by atoms with E-state index in [0.29, 0.717) is 0 Å². The Hall–Kier alpha value is -0.570. The molecule has 2 rings (SSSR count). The van der Waals surface area contributed by atoms with Gasteiger partial charge in [0.2, 0.25) is 6.29 Å².